The molecular formula is C26H23IOS3. The van der Waals surface area contributed by atoms with Gasteiger partial charge in [-0.05, 0) is 75.4 Å². The molecule has 4 aromatic rings. The molecule has 158 valence electrons. The Bertz CT molecular complexity index is 1190. The van der Waals surface area contributed by atoms with E-state index < -0.39 is 0 Å². The van der Waals surface area contributed by atoms with Crippen LogP contribution in [0.25, 0.3) is 21.9 Å². The molecule has 0 saturated heterocycles. The number of hydrogen-bond donors (Lipinski definition) is 1. The molecule has 0 heterocycles. The van der Waals surface area contributed by atoms with E-state index >= 15 is 0 Å². The summed E-state index contributed by atoms with van der Waals surface area (Å²) in [4.78, 5) is 2.58. The number of rotatable bonds is 7. The van der Waals surface area contributed by atoms with Crippen molar-refractivity contribution in [1.82, 2.24) is 0 Å². The summed E-state index contributed by atoms with van der Waals surface area (Å²) in [6.45, 7) is 0.556. The standard InChI is InChI=1S/C26H23IOS3/c1-30-24-12-20-21(13-25(24)31-2)26(19-10-8-18(16-29)9-11-19)22(27)14-23(20)28-15-17-6-4-3-5-7-17/h3-14,29H,15-16H2,1-2H3. The van der Waals surface area contributed by atoms with E-state index in [1.54, 1.807) is 23.5 Å². The molecule has 0 unspecified atom stereocenters. The predicted molar refractivity (Wildman–Crippen MR) is 149 cm³/mol. The minimum absolute atomic E-state index is 0.556. The van der Waals surface area contributed by atoms with Crippen LogP contribution in [0, 0.1) is 3.57 Å². The van der Waals surface area contributed by atoms with Crippen molar-refractivity contribution in [3.8, 4) is 16.9 Å². The number of halogens is 1. The molecule has 1 nitrogen and oxygen atoms in total. The Morgan fingerprint density at radius 2 is 1.45 bits per heavy atom. The van der Waals surface area contributed by atoms with Gasteiger partial charge >= 0.3 is 0 Å². The average Bonchev–Trinajstić information content (AvgIpc) is 2.82. The third kappa shape index (κ3) is 5.05. The molecule has 0 bridgehead atoms. The van der Waals surface area contributed by atoms with Crippen molar-refractivity contribution in [1.29, 1.82) is 0 Å². The normalized spacial score (nSPS) is 11.1. The fourth-order valence-electron chi connectivity index (χ4n) is 3.61. The molecule has 0 aliphatic rings. The van der Waals surface area contributed by atoms with E-state index in [0.29, 0.717) is 6.61 Å². The molecule has 0 aliphatic heterocycles. The van der Waals surface area contributed by atoms with Gasteiger partial charge in [0.25, 0.3) is 0 Å². The summed E-state index contributed by atoms with van der Waals surface area (Å²) in [7, 11) is 0. The highest BCUT2D eigenvalue weighted by atomic mass is 127. The van der Waals surface area contributed by atoms with Crippen molar-refractivity contribution >= 4 is 69.5 Å². The first-order valence-corrected chi connectivity index (χ1v) is 14.1. The average molecular weight is 575 g/mol. The van der Waals surface area contributed by atoms with Gasteiger partial charge in [0.2, 0.25) is 0 Å². The second-order valence-electron chi connectivity index (χ2n) is 7.11. The Morgan fingerprint density at radius 3 is 2.06 bits per heavy atom. The minimum atomic E-state index is 0.556. The van der Waals surface area contributed by atoms with Crippen LogP contribution in [0.2, 0.25) is 0 Å². The maximum absolute atomic E-state index is 6.36. The number of thiol groups is 1. The molecule has 0 saturated carbocycles. The molecule has 0 aliphatic carbocycles. The van der Waals surface area contributed by atoms with Crippen LogP contribution in [0.3, 0.4) is 0 Å². The largest absolute Gasteiger partial charge is 0.488 e. The highest BCUT2D eigenvalue weighted by molar-refractivity contribution is 14.1. The van der Waals surface area contributed by atoms with Crippen molar-refractivity contribution in [2.24, 2.45) is 0 Å². The minimum Gasteiger partial charge on any atom is -0.488 e. The number of fused-ring (bicyclic) bond motifs is 1. The van der Waals surface area contributed by atoms with Crippen LogP contribution in [0.15, 0.2) is 82.6 Å². The van der Waals surface area contributed by atoms with Crippen molar-refractivity contribution in [3.63, 3.8) is 0 Å². The van der Waals surface area contributed by atoms with Crippen LogP contribution in [0.5, 0.6) is 5.75 Å². The summed E-state index contributed by atoms with van der Waals surface area (Å²) in [5, 5.41) is 2.39. The van der Waals surface area contributed by atoms with E-state index in [2.05, 4.69) is 114 Å². The second kappa shape index (κ2) is 10.6. The molecular weight excluding hydrogens is 551 g/mol. The van der Waals surface area contributed by atoms with Crippen LogP contribution in [0.1, 0.15) is 11.1 Å². The molecule has 0 radical (unpaired) electrons. The third-order valence-corrected chi connectivity index (χ3v) is 8.12. The van der Waals surface area contributed by atoms with E-state index in [-0.39, 0.29) is 0 Å². The first-order chi connectivity index (χ1) is 15.1. The lowest BCUT2D eigenvalue weighted by atomic mass is 9.97. The first kappa shape index (κ1) is 22.9. The lowest BCUT2D eigenvalue weighted by Crippen LogP contribution is -1.98. The smallest absolute Gasteiger partial charge is 0.128 e. The van der Waals surface area contributed by atoms with Crippen LogP contribution >= 0.6 is 58.7 Å². The van der Waals surface area contributed by atoms with Crippen molar-refractivity contribution in [2.75, 3.05) is 12.5 Å². The Morgan fingerprint density at radius 1 is 0.806 bits per heavy atom. The Balaban J connectivity index is 1.88. The van der Waals surface area contributed by atoms with Gasteiger partial charge in [0.15, 0.2) is 0 Å². The van der Waals surface area contributed by atoms with Gasteiger partial charge in [-0.15, -0.1) is 23.5 Å². The fourth-order valence-corrected chi connectivity index (χ4v) is 6.20. The van der Waals surface area contributed by atoms with Crippen molar-refractivity contribution in [3.05, 3.63) is 87.5 Å². The third-order valence-electron chi connectivity index (χ3n) is 5.22. The van der Waals surface area contributed by atoms with Crippen LogP contribution in [-0.2, 0) is 12.4 Å². The zero-order valence-electron chi connectivity index (χ0n) is 17.4. The van der Waals surface area contributed by atoms with Gasteiger partial charge in [-0.2, -0.15) is 12.6 Å². The van der Waals surface area contributed by atoms with Gasteiger partial charge in [0.05, 0.1) is 0 Å². The number of hydrogen-bond acceptors (Lipinski definition) is 4. The molecule has 0 spiro atoms. The maximum Gasteiger partial charge on any atom is 0.128 e. The molecule has 5 heteroatoms. The van der Waals surface area contributed by atoms with Crippen LogP contribution in [-0.4, -0.2) is 12.5 Å². The van der Waals surface area contributed by atoms with E-state index in [0.717, 1.165) is 16.9 Å². The Kier molecular flexibility index (Phi) is 7.80. The summed E-state index contributed by atoms with van der Waals surface area (Å²) in [6.07, 6.45) is 4.28. The molecule has 0 amide bonds. The molecule has 4 rings (SSSR count). The summed E-state index contributed by atoms with van der Waals surface area (Å²) in [5.74, 6) is 1.68. The van der Waals surface area contributed by atoms with Gasteiger partial charge in [-0.3, -0.25) is 0 Å². The zero-order valence-corrected chi connectivity index (χ0v) is 22.1. The Hall–Kier alpha value is -1.28. The molecule has 31 heavy (non-hydrogen) atoms. The van der Waals surface area contributed by atoms with Gasteiger partial charge in [-0.25, -0.2) is 0 Å². The molecule has 0 N–H and O–H groups in total. The second-order valence-corrected chi connectivity index (χ2v) is 10.3. The topological polar surface area (TPSA) is 9.23 Å². The quantitative estimate of drug-likeness (QED) is 0.135. The van der Waals surface area contributed by atoms with Crippen molar-refractivity contribution < 1.29 is 4.74 Å². The van der Waals surface area contributed by atoms with Crippen molar-refractivity contribution in [2.45, 2.75) is 22.2 Å². The van der Waals surface area contributed by atoms with Crippen LogP contribution < -0.4 is 4.74 Å². The van der Waals surface area contributed by atoms with Gasteiger partial charge in [0, 0.05) is 30.1 Å². The molecule has 0 aromatic heterocycles. The first-order valence-electron chi connectivity index (χ1n) is 9.89. The Labute approximate surface area is 211 Å². The molecule has 0 atom stereocenters. The highest BCUT2D eigenvalue weighted by Gasteiger charge is 2.16. The SMILES string of the molecule is CSc1cc2c(OCc3ccccc3)cc(I)c(-c3ccc(CS)cc3)c2cc1SC. The summed E-state index contributed by atoms with van der Waals surface area (Å²) in [5.41, 5.74) is 4.88. The summed E-state index contributed by atoms with van der Waals surface area (Å²) >= 11 is 10.4. The number of thioether (sulfide) groups is 2. The van der Waals surface area contributed by atoms with Gasteiger partial charge < -0.3 is 4.74 Å². The maximum atomic E-state index is 6.36. The van der Waals surface area contributed by atoms with E-state index in [9.17, 15) is 0 Å². The number of ether oxygens (including phenoxy) is 1. The number of benzene rings is 4. The molecule has 4 aromatic carbocycles. The summed E-state index contributed by atoms with van der Waals surface area (Å²) < 4.78 is 7.55. The predicted octanol–water partition coefficient (Wildman–Crippen LogP) is 8.56. The van der Waals surface area contributed by atoms with Gasteiger partial charge in [-0.1, -0.05) is 54.6 Å². The van der Waals surface area contributed by atoms with E-state index in [1.807, 2.05) is 6.07 Å². The van der Waals surface area contributed by atoms with Crippen LogP contribution in [0.4, 0.5) is 0 Å². The highest BCUT2D eigenvalue weighted by Crippen LogP contribution is 2.43. The zero-order chi connectivity index (χ0) is 21.8. The van der Waals surface area contributed by atoms with Gasteiger partial charge in [0.1, 0.15) is 12.4 Å². The van der Waals surface area contributed by atoms with E-state index in [4.69, 9.17) is 4.74 Å². The molecule has 0 fully saturated rings. The lowest BCUT2D eigenvalue weighted by molar-refractivity contribution is 0.310. The monoisotopic (exact) mass is 574 g/mol. The fraction of sp³-hybridized carbons (Fsp3) is 0.154. The summed E-state index contributed by atoms with van der Waals surface area (Å²) in [6, 6.07) is 25.9. The van der Waals surface area contributed by atoms with E-state index in [1.165, 1.54) is 41.0 Å². The lowest BCUT2D eigenvalue weighted by Gasteiger charge is -2.18.